The first-order chi connectivity index (χ1) is 10.8. The molecule has 0 saturated carbocycles. The number of amides is 1. The van der Waals surface area contributed by atoms with Crippen LogP contribution in [0.15, 0.2) is 24.3 Å². The third kappa shape index (κ3) is 6.93. The molecule has 0 radical (unpaired) electrons. The Balaban J connectivity index is 2.83. The zero-order chi connectivity index (χ0) is 17.5. The zero-order valence-electron chi connectivity index (χ0n) is 15.5. The van der Waals surface area contributed by atoms with Gasteiger partial charge < -0.3 is 15.0 Å². The fraction of sp³-hybridized carbons (Fsp3) is 0.632. The van der Waals surface area contributed by atoms with E-state index < -0.39 is 5.60 Å². The van der Waals surface area contributed by atoms with E-state index in [1.165, 1.54) is 0 Å². The van der Waals surface area contributed by atoms with Gasteiger partial charge in [0.15, 0.2) is 0 Å². The van der Waals surface area contributed by atoms with Crippen molar-refractivity contribution >= 4 is 11.8 Å². The van der Waals surface area contributed by atoms with Crippen molar-refractivity contribution in [1.82, 2.24) is 4.90 Å². The van der Waals surface area contributed by atoms with E-state index in [0.717, 1.165) is 24.1 Å². The van der Waals surface area contributed by atoms with Gasteiger partial charge in [0.1, 0.15) is 5.60 Å². The summed E-state index contributed by atoms with van der Waals surface area (Å²) in [5.41, 5.74) is 1.73. The lowest BCUT2D eigenvalue weighted by Crippen LogP contribution is -2.36. The minimum atomic E-state index is -0.474. The van der Waals surface area contributed by atoms with E-state index in [1.54, 1.807) is 4.90 Å². The molecule has 0 spiro atoms. The third-order valence-electron chi connectivity index (χ3n) is 3.54. The fourth-order valence-electron chi connectivity index (χ4n) is 2.41. The summed E-state index contributed by atoms with van der Waals surface area (Å²) in [5, 5.41) is 3.55. The Kier molecular flexibility index (Phi) is 7.40. The van der Waals surface area contributed by atoms with Gasteiger partial charge in [0.25, 0.3) is 0 Å². The summed E-state index contributed by atoms with van der Waals surface area (Å²) >= 11 is 0. The van der Waals surface area contributed by atoms with Crippen LogP contribution in [0.5, 0.6) is 0 Å². The Bertz CT molecular complexity index is 494. The maximum absolute atomic E-state index is 12.3. The number of rotatable bonds is 7. The van der Waals surface area contributed by atoms with E-state index in [-0.39, 0.29) is 6.09 Å². The molecule has 0 aliphatic heterocycles. The van der Waals surface area contributed by atoms with Gasteiger partial charge in [-0.1, -0.05) is 31.5 Å². The Labute approximate surface area is 141 Å². The van der Waals surface area contributed by atoms with Gasteiger partial charge in [0.05, 0.1) is 6.54 Å². The van der Waals surface area contributed by atoms with Gasteiger partial charge in [-0.3, -0.25) is 0 Å². The van der Waals surface area contributed by atoms with Gasteiger partial charge in [-0.25, -0.2) is 4.79 Å². The van der Waals surface area contributed by atoms with E-state index >= 15 is 0 Å². The molecule has 0 heterocycles. The van der Waals surface area contributed by atoms with Crippen LogP contribution in [0, 0.1) is 0 Å². The third-order valence-corrected chi connectivity index (χ3v) is 3.54. The van der Waals surface area contributed by atoms with Crippen LogP contribution in [-0.4, -0.2) is 29.2 Å². The highest BCUT2D eigenvalue weighted by molar-refractivity contribution is 5.68. The van der Waals surface area contributed by atoms with Crippen molar-refractivity contribution in [2.45, 2.75) is 72.6 Å². The predicted octanol–water partition coefficient (Wildman–Crippen LogP) is 5.04. The number of carbonyl (C=O) groups excluding carboxylic acids is 1. The molecule has 0 aromatic heterocycles. The average Bonchev–Trinajstić information content (AvgIpc) is 2.44. The van der Waals surface area contributed by atoms with E-state index in [2.05, 4.69) is 31.3 Å². The average molecular weight is 320 g/mol. The summed E-state index contributed by atoms with van der Waals surface area (Å²) in [4.78, 5) is 14.0. The molecule has 0 bridgehead atoms. The van der Waals surface area contributed by atoms with Crippen molar-refractivity contribution in [2.24, 2.45) is 0 Å². The minimum absolute atomic E-state index is 0.267. The predicted molar refractivity (Wildman–Crippen MR) is 96.8 cm³/mol. The SMILES string of the molecule is CCCC(C)Nc1ccccc1CN(CC)C(=O)OC(C)(C)C. The van der Waals surface area contributed by atoms with Gasteiger partial charge in [-0.15, -0.1) is 0 Å². The summed E-state index contributed by atoms with van der Waals surface area (Å²) in [6, 6.07) is 8.58. The molecule has 0 aliphatic rings. The first-order valence-corrected chi connectivity index (χ1v) is 8.59. The first kappa shape index (κ1) is 19.3. The van der Waals surface area contributed by atoms with Crippen molar-refractivity contribution in [3.63, 3.8) is 0 Å². The van der Waals surface area contributed by atoms with E-state index in [4.69, 9.17) is 4.74 Å². The molecule has 1 amide bonds. The lowest BCUT2D eigenvalue weighted by atomic mass is 10.1. The molecule has 0 fully saturated rings. The lowest BCUT2D eigenvalue weighted by molar-refractivity contribution is 0.0245. The zero-order valence-corrected chi connectivity index (χ0v) is 15.5. The molecule has 1 atom stereocenters. The molecule has 4 heteroatoms. The maximum atomic E-state index is 12.3. The normalized spacial score (nSPS) is 12.6. The Morgan fingerprint density at radius 1 is 1.26 bits per heavy atom. The molecular formula is C19H32N2O2. The second-order valence-electron chi connectivity index (χ2n) is 6.99. The molecule has 23 heavy (non-hydrogen) atoms. The van der Waals surface area contributed by atoms with Crippen LogP contribution < -0.4 is 5.32 Å². The number of nitrogens with one attached hydrogen (secondary N) is 1. The second kappa shape index (κ2) is 8.80. The maximum Gasteiger partial charge on any atom is 0.410 e. The Hall–Kier alpha value is -1.71. The van der Waals surface area contributed by atoms with E-state index in [0.29, 0.717) is 19.1 Å². The monoisotopic (exact) mass is 320 g/mol. The Morgan fingerprint density at radius 3 is 2.48 bits per heavy atom. The Morgan fingerprint density at radius 2 is 1.91 bits per heavy atom. The number of para-hydroxylation sites is 1. The number of anilines is 1. The molecule has 130 valence electrons. The largest absolute Gasteiger partial charge is 0.444 e. The van der Waals surface area contributed by atoms with Crippen molar-refractivity contribution in [3.8, 4) is 0 Å². The highest BCUT2D eigenvalue weighted by Crippen LogP contribution is 2.20. The highest BCUT2D eigenvalue weighted by Gasteiger charge is 2.22. The van der Waals surface area contributed by atoms with Gasteiger partial charge >= 0.3 is 6.09 Å². The number of nitrogens with zero attached hydrogens (tertiary/aromatic N) is 1. The number of hydrogen-bond donors (Lipinski definition) is 1. The molecule has 1 aromatic carbocycles. The summed E-state index contributed by atoms with van der Waals surface area (Å²) in [5.74, 6) is 0. The van der Waals surface area contributed by atoms with Gasteiger partial charge in [0, 0.05) is 18.3 Å². The van der Waals surface area contributed by atoms with Gasteiger partial charge in [0.2, 0.25) is 0 Å². The van der Waals surface area contributed by atoms with Crippen LogP contribution in [0.1, 0.15) is 59.9 Å². The van der Waals surface area contributed by atoms with Crippen LogP contribution in [0.25, 0.3) is 0 Å². The molecule has 0 saturated heterocycles. The molecular weight excluding hydrogens is 288 g/mol. The fourth-order valence-corrected chi connectivity index (χ4v) is 2.41. The number of ether oxygens (including phenoxy) is 1. The van der Waals surface area contributed by atoms with Crippen molar-refractivity contribution in [2.75, 3.05) is 11.9 Å². The van der Waals surface area contributed by atoms with Gasteiger partial charge in [-0.2, -0.15) is 0 Å². The summed E-state index contributed by atoms with van der Waals surface area (Å²) < 4.78 is 5.49. The number of carbonyl (C=O) groups is 1. The number of hydrogen-bond acceptors (Lipinski definition) is 3. The van der Waals surface area contributed by atoms with Crippen molar-refractivity contribution in [1.29, 1.82) is 0 Å². The van der Waals surface area contributed by atoms with Crippen molar-refractivity contribution in [3.05, 3.63) is 29.8 Å². The van der Waals surface area contributed by atoms with Crippen molar-refractivity contribution < 1.29 is 9.53 Å². The van der Waals surface area contributed by atoms with Crippen LogP contribution >= 0.6 is 0 Å². The molecule has 1 rings (SSSR count). The molecule has 1 aromatic rings. The number of benzene rings is 1. The van der Waals surface area contributed by atoms with E-state index in [9.17, 15) is 4.79 Å². The minimum Gasteiger partial charge on any atom is -0.444 e. The van der Waals surface area contributed by atoms with Crippen LogP contribution in [0.2, 0.25) is 0 Å². The van der Waals surface area contributed by atoms with E-state index in [1.807, 2.05) is 39.8 Å². The van der Waals surface area contributed by atoms with Gasteiger partial charge in [-0.05, 0) is 52.7 Å². The second-order valence-corrected chi connectivity index (χ2v) is 6.99. The topological polar surface area (TPSA) is 41.6 Å². The highest BCUT2D eigenvalue weighted by atomic mass is 16.6. The summed E-state index contributed by atoms with van der Waals surface area (Å²) in [6.07, 6.45) is 2.00. The lowest BCUT2D eigenvalue weighted by Gasteiger charge is -2.27. The smallest absolute Gasteiger partial charge is 0.410 e. The molecule has 1 N–H and O–H groups in total. The standard InChI is InChI=1S/C19H32N2O2/c1-7-11-15(3)20-17-13-10-9-12-16(17)14-21(8-2)18(22)23-19(4,5)6/h9-10,12-13,15,20H,7-8,11,14H2,1-6H3. The molecule has 0 aliphatic carbocycles. The molecule has 1 unspecified atom stereocenters. The summed E-state index contributed by atoms with van der Waals surface area (Å²) in [7, 11) is 0. The van der Waals surface area contributed by atoms with Crippen LogP contribution in [0.3, 0.4) is 0 Å². The van der Waals surface area contributed by atoms with Crippen LogP contribution in [-0.2, 0) is 11.3 Å². The quantitative estimate of drug-likeness (QED) is 0.765. The first-order valence-electron chi connectivity index (χ1n) is 8.59. The molecule has 4 nitrogen and oxygen atoms in total. The summed E-state index contributed by atoms with van der Waals surface area (Å²) in [6.45, 7) is 13.2. The van der Waals surface area contributed by atoms with Crippen LogP contribution in [0.4, 0.5) is 10.5 Å².